The second kappa shape index (κ2) is 20.4. The van der Waals surface area contributed by atoms with Gasteiger partial charge in [0.25, 0.3) is 0 Å². The number of benzene rings is 1. The molecule has 218 valence electrons. The zero-order chi connectivity index (χ0) is 29.0. The number of piperidine rings is 1. The van der Waals surface area contributed by atoms with E-state index in [2.05, 4.69) is 64.2 Å². The van der Waals surface area contributed by atoms with Crippen LogP contribution in [0.3, 0.4) is 0 Å². The number of carbonyl (C=O) groups is 2. The predicted molar refractivity (Wildman–Crippen MR) is 167 cm³/mol. The molecule has 0 saturated carbocycles. The molecule has 0 unspecified atom stereocenters. The van der Waals surface area contributed by atoms with E-state index in [0.717, 1.165) is 51.2 Å². The van der Waals surface area contributed by atoms with E-state index in [1.165, 1.54) is 28.5 Å². The second-order valence-corrected chi connectivity index (χ2v) is 10.9. The van der Waals surface area contributed by atoms with E-state index < -0.39 is 0 Å². The van der Waals surface area contributed by atoms with Crippen molar-refractivity contribution in [2.75, 3.05) is 39.5 Å². The van der Waals surface area contributed by atoms with Crippen LogP contribution in [-0.4, -0.2) is 73.5 Å². The molecule has 0 aliphatic carbocycles. The number of guanidine groups is 1. The van der Waals surface area contributed by atoms with Crippen LogP contribution in [0.2, 0.25) is 0 Å². The summed E-state index contributed by atoms with van der Waals surface area (Å²) < 4.78 is 5.02. The van der Waals surface area contributed by atoms with Crippen LogP contribution in [0.25, 0.3) is 0 Å². The first-order chi connectivity index (χ1) is 18.7. The number of urea groups is 1. The van der Waals surface area contributed by atoms with Crippen LogP contribution in [0.15, 0.2) is 33.2 Å². The van der Waals surface area contributed by atoms with Crippen molar-refractivity contribution in [2.24, 2.45) is 20.9 Å². The number of aryl methyl sites for hydroxylation is 2. The molecular formula is C30H49N5O3S. The highest BCUT2D eigenvalue weighted by molar-refractivity contribution is 8.14. The fraction of sp³-hybridized carbons (Fsp3) is 0.633. The summed E-state index contributed by atoms with van der Waals surface area (Å²) in [5.41, 5.74) is 3.92. The van der Waals surface area contributed by atoms with Crippen LogP contribution in [0.1, 0.15) is 76.0 Å². The van der Waals surface area contributed by atoms with Crippen molar-refractivity contribution < 1.29 is 14.3 Å². The Kier molecular flexibility index (Phi) is 18.0. The van der Waals surface area contributed by atoms with Crippen LogP contribution in [0, 0.1) is 19.8 Å². The van der Waals surface area contributed by atoms with Crippen LogP contribution in [-0.2, 0) is 16.1 Å². The maximum Gasteiger partial charge on any atom is 0.341 e. The average molecular weight is 560 g/mol. The highest BCUT2D eigenvalue weighted by Gasteiger charge is 2.21. The topological polar surface area (TPSA) is 95.7 Å². The molecule has 2 amide bonds. The Morgan fingerprint density at radius 1 is 1.18 bits per heavy atom. The Balaban J connectivity index is 0.000000573. The molecule has 39 heavy (non-hydrogen) atoms. The molecule has 0 spiro atoms. The number of carbonyl (C=O) groups excluding carboxylic acids is 2. The van der Waals surface area contributed by atoms with Crippen molar-refractivity contribution in [3.63, 3.8) is 0 Å². The molecule has 1 aromatic rings. The molecule has 1 fully saturated rings. The maximum atomic E-state index is 11.9. The standard InChI is InChI=1S/C20H35N5O2S.C10H14O/c1-5-7-11-22-19(21-4)25-13-9-17(10-14-25)8-12-23-20(27)24-16(3)28-15-18(26)6-2;1-8-4-5-10(7-11-3)6-9(8)2/h11,17H,5-10,12-15H2,1-4H3,(H,23,27);4-6H,7H2,1-3H3/b21-19?,22-11-,24-16-;. The highest BCUT2D eigenvalue weighted by Crippen LogP contribution is 2.20. The van der Waals surface area contributed by atoms with Gasteiger partial charge in [-0.3, -0.25) is 9.79 Å². The van der Waals surface area contributed by atoms with Gasteiger partial charge in [-0.15, -0.1) is 11.8 Å². The lowest BCUT2D eigenvalue weighted by molar-refractivity contribution is -0.116. The number of Topliss-reactive ketones (excluding diaryl/α,β-unsaturated/α-hetero) is 1. The van der Waals surface area contributed by atoms with Gasteiger partial charge in [0.15, 0.2) is 0 Å². The fourth-order valence-corrected chi connectivity index (χ4v) is 4.64. The van der Waals surface area contributed by atoms with E-state index in [-0.39, 0.29) is 11.8 Å². The van der Waals surface area contributed by atoms with Crippen molar-refractivity contribution in [1.29, 1.82) is 0 Å². The van der Waals surface area contributed by atoms with Crippen molar-refractivity contribution in [3.8, 4) is 0 Å². The molecule has 0 radical (unpaired) electrons. The first-order valence-electron chi connectivity index (χ1n) is 14.0. The minimum Gasteiger partial charge on any atom is -0.380 e. The summed E-state index contributed by atoms with van der Waals surface area (Å²) in [4.78, 5) is 38.2. The van der Waals surface area contributed by atoms with Gasteiger partial charge >= 0.3 is 6.03 Å². The number of hydrogen-bond acceptors (Lipinski definition) is 5. The zero-order valence-electron chi connectivity index (χ0n) is 25.1. The molecule has 0 bridgehead atoms. The van der Waals surface area contributed by atoms with E-state index in [4.69, 9.17) is 4.74 Å². The Morgan fingerprint density at radius 2 is 1.90 bits per heavy atom. The van der Waals surface area contributed by atoms with Crippen molar-refractivity contribution >= 4 is 40.8 Å². The zero-order valence-corrected chi connectivity index (χ0v) is 25.9. The van der Waals surface area contributed by atoms with Crippen molar-refractivity contribution in [2.45, 2.75) is 79.8 Å². The smallest absolute Gasteiger partial charge is 0.341 e. The van der Waals surface area contributed by atoms with Gasteiger partial charge in [0, 0.05) is 46.4 Å². The molecular weight excluding hydrogens is 510 g/mol. The summed E-state index contributed by atoms with van der Waals surface area (Å²) in [6.45, 7) is 13.2. The number of ether oxygens (including phenoxy) is 1. The molecule has 1 saturated heterocycles. The number of thioether (sulfide) groups is 1. The van der Waals surface area contributed by atoms with Gasteiger partial charge in [-0.25, -0.2) is 9.79 Å². The van der Waals surface area contributed by atoms with Crippen LogP contribution in [0.5, 0.6) is 0 Å². The normalized spacial score (nSPS) is 14.8. The lowest BCUT2D eigenvalue weighted by Crippen LogP contribution is -2.38. The number of unbranched alkanes of at least 4 members (excludes halogenated alkanes) is 1. The molecule has 1 aliphatic rings. The molecule has 1 heterocycles. The Labute approximate surface area is 240 Å². The van der Waals surface area contributed by atoms with E-state index >= 15 is 0 Å². The Hall–Kier alpha value is -2.52. The van der Waals surface area contributed by atoms with Gasteiger partial charge in [0.05, 0.1) is 17.4 Å². The van der Waals surface area contributed by atoms with Gasteiger partial charge in [-0.2, -0.15) is 4.99 Å². The lowest BCUT2D eigenvalue weighted by atomic mass is 9.94. The van der Waals surface area contributed by atoms with Crippen LogP contribution >= 0.6 is 11.8 Å². The quantitative estimate of drug-likeness (QED) is 0.271. The van der Waals surface area contributed by atoms with Crippen molar-refractivity contribution in [3.05, 3.63) is 34.9 Å². The molecule has 1 aliphatic heterocycles. The minimum atomic E-state index is -0.322. The monoisotopic (exact) mass is 559 g/mol. The first kappa shape index (κ1) is 34.5. The molecule has 9 heteroatoms. The SMILES string of the molecule is CCC/C=N\C(=NC)N1CCC(CCNC(=O)/N=C(/C)SCC(=O)CC)CC1.COCc1ccc(C)c(C)c1. The minimum absolute atomic E-state index is 0.165. The largest absolute Gasteiger partial charge is 0.380 e. The average Bonchev–Trinajstić information content (AvgIpc) is 2.93. The molecule has 8 nitrogen and oxygen atoms in total. The highest BCUT2D eigenvalue weighted by atomic mass is 32.2. The molecule has 0 aromatic heterocycles. The Morgan fingerprint density at radius 3 is 2.49 bits per heavy atom. The number of methoxy groups -OCH3 is 1. The number of hydrogen-bond donors (Lipinski definition) is 1. The summed E-state index contributed by atoms with van der Waals surface area (Å²) in [6.07, 6.45) is 7.64. The Bertz CT molecular complexity index is 969. The molecule has 0 atom stereocenters. The summed E-state index contributed by atoms with van der Waals surface area (Å²) in [7, 11) is 3.51. The third-order valence-electron chi connectivity index (χ3n) is 6.53. The van der Waals surface area contributed by atoms with Crippen LogP contribution < -0.4 is 5.32 Å². The van der Waals surface area contributed by atoms with E-state index in [9.17, 15) is 9.59 Å². The number of ketones is 1. The number of amides is 2. The van der Waals surface area contributed by atoms with Crippen molar-refractivity contribution in [1.82, 2.24) is 10.2 Å². The maximum absolute atomic E-state index is 11.9. The van der Waals surface area contributed by atoms with Gasteiger partial charge in [-0.05, 0) is 69.1 Å². The number of likely N-dealkylation sites (tertiary alicyclic amines) is 1. The van der Waals surface area contributed by atoms with Gasteiger partial charge < -0.3 is 15.0 Å². The molecule has 2 rings (SSSR count). The second-order valence-electron chi connectivity index (χ2n) is 9.74. The summed E-state index contributed by atoms with van der Waals surface area (Å²) in [5, 5.41) is 3.48. The predicted octanol–water partition coefficient (Wildman–Crippen LogP) is 6.24. The van der Waals surface area contributed by atoms with Crippen LogP contribution in [0.4, 0.5) is 4.79 Å². The summed E-state index contributed by atoms with van der Waals surface area (Å²) in [5.74, 6) is 1.96. The summed E-state index contributed by atoms with van der Waals surface area (Å²) >= 11 is 1.32. The van der Waals surface area contributed by atoms with E-state index in [1.807, 2.05) is 13.1 Å². The molecule has 1 N–H and O–H groups in total. The van der Waals surface area contributed by atoms with Gasteiger partial charge in [0.1, 0.15) is 5.78 Å². The number of rotatable bonds is 10. The fourth-order valence-electron chi connectivity index (χ4n) is 3.92. The van der Waals surface area contributed by atoms with E-state index in [1.54, 1.807) is 21.1 Å². The van der Waals surface area contributed by atoms with Gasteiger partial charge in [-0.1, -0.05) is 38.5 Å². The van der Waals surface area contributed by atoms with E-state index in [0.29, 0.717) is 36.3 Å². The number of aliphatic imine (C=N–C) groups is 3. The first-order valence-corrected chi connectivity index (χ1v) is 15.0. The number of nitrogens with zero attached hydrogens (tertiary/aromatic N) is 4. The lowest BCUT2D eigenvalue weighted by Gasteiger charge is -2.32. The number of nitrogens with one attached hydrogen (secondary N) is 1. The third kappa shape index (κ3) is 15.0. The van der Waals surface area contributed by atoms with Gasteiger partial charge in [0.2, 0.25) is 5.96 Å². The third-order valence-corrected chi connectivity index (χ3v) is 7.50. The summed E-state index contributed by atoms with van der Waals surface area (Å²) in [6, 6.07) is 6.07. The molecule has 1 aromatic carbocycles.